The minimum atomic E-state index is -3.75. The van der Waals surface area contributed by atoms with Crippen LogP contribution in [0.4, 0.5) is 11.4 Å². The monoisotopic (exact) mass is 485 g/mol. The number of anilines is 1. The van der Waals surface area contributed by atoms with E-state index in [1.807, 2.05) is 0 Å². The van der Waals surface area contributed by atoms with Gasteiger partial charge in [0.1, 0.15) is 0 Å². The van der Waals surface area contributed by atoms with Crippen molar-refractivity contribution in [1.82, 2.24) is 4.31 Å². The molecule has 0 aromatic heterocycles. The lowest BCUT2D eigenvalue weighted by Crippen LogP contribution is -2.44. The molecule has 1 saturated heterocycles. The topological polar surface area (TPSA) is 110 Å². The van der Waals surface area contributed by atoms with E-state index in [1.165, 1.54) is 16.4 Å². The molecule has 1 aliphatic rings. The number of carbonyl (C=O) groups is 1. The lowest BCUT2D eigenvalue weighted by molar-refractivity contribution is -0.385. The molecular weight excluding hydrogens is 465 g/mol. The summed E-state index contributed by atoms with van der Waals surface area (Å²) >= 11 is 12.2. The van der Waals surface area contributed by atoms with Crippen LogP contribution in [0.3, 0.4) is 0 Å². The fourth-order valence-corrected chi connectivity index (χ4v) is 5.91. The number of hydrogen-bond acceptors (Lipinski definition) is 5. The summed E-state index contributed by atoms with van der Waals surface area (Å²) < 4.78 is 27.2. The third-order valence-electron chi connectivity index (χ3n) is 5.30. The number of sulfonamides is 1. The van der Waals surface area contributed by atoms with Gasteiger partial charge in [0, 0.05) is 34.8 Å². The number of benzene rings is 2. The van der Waals surface area contributed by atoms with Gasteiger partial charge in [-0.05, 0) is 38.0 Å². The van der Waals surface area contributed by atoms with Gasteiger partial charge in [0.2, 0.25) is 15.9 Å². The van der Waals surface area contributed by atoms with E-state index in [4.69, 9.17) is 23.2 Å². The number of nitrogens with zero attached hydrogens (tertiary/aromatic N) is 2. The molecule has 1 N–H and O–H groups in total. The molecule has 0 bridgehead atoms. The third-order valence-corrected chi connectivity index (χ3v) is 7.78. The molecule has 0 saturated carbocycles. The van der Waals surface area contributed by atoms with Crippen molar-refractivity contribution in [3.05, 3.63) is 67.7 Å². The zero-order chi connectivity index (χ0) is 22.8. The Morgan fingerprint density at radius 1 is 1.23 bits per heavy atom. The van der Waals surface area contributed by atoms with Crippen molar-refractivity contribution in [2.75, 3.05) is 18.4 Å². The number of carbonyl (C=O) groups excluding carboxylic acids is 1. The van der Waals surface area contributed by atoms with Crippen molar-refractivity contribution >= 4 is 50.5 Å². The minimum Gasteiger partial charge on any atom is -0.325 e. The lowest BCUT2D eigenvalue weighted by Gasteiger charge is -2.31. The summed E-state index contributed by atoms with van der Waals surface area (Å²) in [5.41, 5.74) is 0.906. The maximum Gasteiger partial charge on any atom is 0.274 e. The number of piperidine rings is 1. The first-order valence-electron chi connectivity index (χ1n) is 9.55. The van der Waals surface area contributed by atoms with Crippen LogP contribution in [-0.4, -0.2) is 36.6 Å². The van der Waals surface area contributed by atoms with E-state index in [0.717, 1.165) is 0 Å². The molecule has 0 radical (unpaired) electrons. The van der Waals surface area contributed by atoms with E-state index in [2.05, 4.69) is 5.32 Å². The summed E-state index contributed by atoms with van der Waals surface area (Å²) in [6.07, 6.45) is 1.03. The molecule has 11 heteroatoms. The Kier molecular flexibility index (Phi) is 7.20. The van der Waals surface area contributed by atoms with Crippen LogP contribution in [0, 0.1) is 23.0 Å². The standard InChI is InChI=1S/C20H21Cl2N3O5S/c1-13-18(8-3-9-19(13)25(27)28)23-20(26)14-5-4-10-24(11-14)31(29,30)12-15-16(21)6-2-7-17(15)22/h2-3,6-9,14H,4-5,10-12H2,1H3,(H,23,26)/t14-/m0/s1. The molecule has 0 aliphatic carbocycles. The van der Waals surface area contributed by atoms with Gasteiger partial charge in [-0.1, -0.05) is 35.3 Å². The second-order valence-corrected chi connectivity index (χ2v) is 10.1. The Morgan fingerprint density at radius 3 is 2.52 bits per heavy atom. The molecule has 8 nitrogen and oxygen atoms in total. The fourth-order valence-electron chi connectivity index (χ4n) is 3.54. The summed E-state index contributed by atoms with van der Waals surface area (Å²) in [5, 5.41) is 14.4. The Bertz CT molecular complexity index is 1100. The highest BCUT2D eigenvalue weighted by atomic mass is 35.5. The number of halogens is 2. The summed E-state index contributed by atoms with van der Waals surface area (Å²) in [6, 6.07) is 9.22. The van der Waals surface area contributed by atoms with Crippen molar-refractivity contribution in [2.45, 2.75) is 25.5 Å². The largest absolute Gasteiger partial charge is 0.325 e. The van der Waals surface area contributed by atoms with Crippen LogP contribution >= 0.6 is 23.2 Å². The first-order chi connectivity index (χ1) is 14.6. The number of nitrogens with one attached hydrogen (secondary N) is 1. The summed E-state index contributed by atoms with van der Waals surface area (Å²) in [7, 11) is -3.75. The molecule has 2 aromatic carbocycles. The molecule has 166 valence electrons. The molecule has 0 unspecified atom stereocenters. The second-order valence-electron chi connectivity index (χ2n) is 7.35. The molecule has 2 aromatic rings. The van der Waals surface area contributed by atoms with Crippen molar-refractivity contribution in [2.24, 2.45) is 5.92 Å². The number of rotatable bonds is 6. The van der Waals surface area contributed by atoms with Gasteiger partial charge in [0.15, 0.2) is 0 Å². The van der Waals surface area contributed by atoms with Crippen LogP contribution in [0.25, 0.3) is 0 Å². The normalized spacial score (nSPS) is 17.3. The predicted octanol–water partition coefficient (Wildman–Crippen LogP) is 4.39. The smallest absolute Gasteiger partial charge is 0.274 e. The number of nitro groups is 1. The molecule has 0 spiro atoms. The Hall–Kier alpha value is -2.20. The molecular formula is C20H21Cl2N3O5S. The van der Waals surface area contributed by atoms with E-state index in [0.29, 0.717) is 36.2 Å². The zero-order valence-corrected chi connectivity index (χ0v) is 19.0. The van der Waals surface area contributed by atoms with Gasteiger partial charge in [-0.3, -0.25) is 14.9 Å². The maximum atomic E-state index is 13.0. The average molecular weight is 486 g/mol. The van der Waals surface area contributed by atoms with Gasteiger partial charge < -0.3 is 5.32 Å². The Labute approximate surface area is 190 Å². The Morgan fingerprint density at radius 2 is 1.87 bits per heavy atom. The van der Waals surface area contributed by atoms with Crippen molar-refractivity contribution < 1.29 is 18.1 Å². The quantitative estimate of drug-likeness (QED) is 0.481. The first kappa shape index (κ1) is 23.5. The summed E-state index contributed by atoms with van der Waals surface area (Å²) in [5.74, 6) is -1.31. The predicted molar refractivity (Wildman–Crippen MR) is 120 cm³/mol. The van der Waals surface area contributed by atoms with Crippen LogP contribution in [0.5, 0.6) is 0 Å². The molecule has 1 atom stereocenters. The maximum absolute atomic E-state index is 13.0. The Balaban J connectivity index is 1.73. The van der Waals surface area contributed by atoms with Gasteiger partial charge in [0.25, 0.3) is 5.69 Å². The SMILES string of the molecule is Cc1c(NC(=O)[C@H]2CCCN(S(=O)(=O)Cc3c(Cl)cccc3Cl)C2)cccc1[N+](=O)[O-]. The van der Waals surface area contributed by atoms with Crippen LogP contribution in [0.15, 0.2) is 36.4 Å². The number of hydrogen-bond donors (Lipinski definition) is 1. The molecule has 1 fully saturated rings. The molecule has 31 heavy (non-hydrogen) atoms. The van der Waals surface area contributed by atoms with E-state index in [9.17, 15) is 23.3 Å². The lowest BCUT2D eigenvalue weighted by atomic mass is 9.98. The van der Waals surface area contributed by atoms with Gasteiger partial charge in [-0.25, -0.2) is 12.7 Å². The van der Waals surface area contributed by atoms with Crippen LogP contribution < -0.4 is 5.32 Å². The highest BCUT2D eigenvalue weighted by Crippen LogP contribution is 2.30. The average Bonchev–Trinajstić information content (AvgIpc) is 2.72. The number of amides is 1. The molecule has 1 heterocycles. The fraction of sp³-hybridized carbons (Fsp3) is 0.350. The van der Waals surface area contributed by atoms with Gasteiger partial charge in [0.05, 0.1) is 27.8 Å². The summed E-state index contributed by atoms with van der Waals surface area (Å²) in [4.78, 5) is 23.4. The van der Waals surface area contributed by atoms with Crippen LogP contribution in [0.1, 0.15) is 24.0 Å². The minimum absolute atomic E-state index is 0.0181. The molecule has 1 aliphatic heterocycles. The van der Waals surface area contributed by atoms with E-state index < -0.39 is 20.9 Å². The molecule has 1 amide bonds. The van der Waals surface area contributed by atoms with Gasteiger partial charge >= 0.3 is 0 Å². The highest BCUT2D eigenvalue weighted by Gasteiger charge is 2.33. The van der Waals surface area contributed by atoms with Gasteiger partial charge in [-0.2, -0.15) is 0 Å². The van der Waals surface area contributed by atoms with Crippen molar-refractivity contribution in [3.8, 4) is 0 Å². The number of nitro benzene ring substituents is 1. The highest BCUT2D eigenvalue weighted by molar-refractivity contribution is 7.88. The first-order valence-corrected chi connectivity index (χ1v) is 11.9. The van der Waals surface area contributed by atoms with E-state index >= 15 is 0 Å². The third kappa shape index (κ3) is 5.35. The van der Waals surface area contributed by atoms with Crippen LogP contribution in [-0.2, 0) is 20.6 Å². The van der Waals surface area contributed by atoms with Gasteiger partial charge in [-0.15, -0.1) is 0 Å². The van der Waals surface area contributed by atoms with E-state index in [1.54, 1.807) is 31.2 Å². The van der Waals surface area contributed by atoms with Crippen molar-refractivity contribution in [1.29, 1.82) is 0 Å². The van der Waals surface area contributed by atoms with E-state index in [-0.39, 0.29) is 33.9 Å². The zero-order valence-electron chi connectivity index (χ0n) is 16.7. The van der Waals surface area contributed by atoms with Crippen LogP contribution in [0.2, 0.25) is 10.0 Å². The summed E-state index contributed by atoms with van der Waals surface area (Å²) in [6.45, 7) is 1.87. The second kappa shape index (κ2) is 9.52. The molecule has 3 rings (SSSR count). The van der Waals surface area contributed by atoms with Crippen molar-refractivity contribution in [3.63, 3.8) is 0 Å².